The number of benzene rings is 1. The Hall–Kier alpha value is -1.62. The molecule has 17 heavy (non-hydrogen) atoms. The van der Waals surface area contributed by atoms with Crippen LogP contribution < -0.4 is 5.32 Å². The molecule has 0 saturated heterocycles. The summed E-state index contributed by atoms with van der Waals surface area (Å²) >= 11 is 5.52. The Labute approximate surface area is 102 Å². The molecule has 1 atom stereocenters. The van der Waals surface area contributed by atoms with Gasteiger partial charge in [-0.2, -0.15) is 0 Å². The molecule has 1 aromatic rings. The third kappa shape index (κ3) is 3.17. The Morgan fingerprint density at radius 2 is 2.18 bits per heavy atom. The third-order valence-corrected chi connectivity index (χ3v) is 2.50. The van der Waals surface area contributed by atoms with E-state index in [4.69, 9.17) is 16.7 Å². The molecule has 0 saturated carbocycles. The molecule has 0 fully saturated rings. The molecule has 0 aromatic heterocycles. The standard InChI is InChI=1S/C11H11ClFNO3/c1-2-8(11(16)17)14-10(15)6-4-3-5-7(12)9(6)13/h3-5,8H,2H2,1H3,(H,14,15)(H,16,17). The second-order valence-electron chi connectivity index (χ2n) is 3.37. The molecule has 1 unspecified atom stereocenters. The lowest BCUT2D eigenvalue weighted by atomic mass is 10.1. The summed E-state index contributed by atoms with van der Waals surface area (Å²) in [6.07, 6.45) is 0.212. The Kier molecular flexibility index (Phi) is 4.45. The molecule has 0 aliphatic rings. The summed E-state index contributed by atoms with van der Waals surface area (Å²) in [6.45, 7) is 1.60. The van der Waals surface area contributed by atoms with Gasteiger partial charge in [0, 0.05) is 0 Å². The molecular formula is C11H11ClFNO3. The highest BCUT2D eigenvalue weighted by Gasteiger charge is 2.21. The molecular weight excluding hydrogens is 249 g/mol. The van der Waals surface area contributed by atoms with Gasteiger partial charge in [-0.05, 0) is 18.6 Å². The lowest BCUT2D eigenvalue weighted by molar-refractivity contribution is -0.139. The van der Waals surface area contributed by atoms with E-state index in [1.165, 1.54) is 18.2 Å². The third-order valence-electron chi connectivity index (χ3n) is 2.21. The smallest absolute Gasteiger partial charge is 0.326 e. The molecule has 92 valence electrons. The van der Waals surface area contributed by atoms with Gasteiger partial charge in [0.1, 0.15) is 6.04 Å². The second-order valence-corrected chi connectivity index (χ2v) is 3.78. The van der Waals surface area contributed by atoms with Crippen LogP contribution in [0.4, 0.5) is 4.39 Å². The Morgan fingerprint density at radius 3 is 2.71 bits per heavy atom. The lowest BCUT2D eigenvalue weighted by Gasteiger charge is -2.12. The Bertz CT molecular complexity index is 450. The zero-order valence-electron chi connectivity index (χ0n) is 9.04. The van der Waals surface area contributed by atoms with Crippen molar-refractivity contribution in [1.82, 2.24) is 5.32 Å². The molecule has 1 amide bonds. The van der Waals surface area contributed by atoms with Gasteiger partial charge in [-0.15, -0.1) is 0 Å². The molecule has 6 heteroatoms. The average molecular weight is 260 g/mol. The topological polar surface area (TPSA) is 66.4 Å². The highest BCUT2D eigenvalue weighted by Crippen LogP contribution is 2.17. The van der Waals surface area contributed by atoms with Crippen molar-refractivity contribution in [3.8, 4) is 0 Å². The average Bonchev–Trinajstić information content (AvgIpc) is 2.28. The van der Waals surface area contributed by atoms with Crippen molar-refractivity contribution < 1.29 is 19.1 Å². The predicted molar refractivity (Wildman–Crippen MR) is 60.6 cm³/mol. The van der Waals surface area contributed by atoms with Crippen LogP contribution in [0, 0.1) is 5.82 Å². The largest absolute Gasteiger partial charge is 0.480 e. The van der Waals surface area contributed by atoms with Gasteiger partial charge in [0.2, 0.25) is 0 Å². The fourth-order valence-corrected chi connectivity index (χ4v) is 1.43. The molecule has 4 nitrogen and oxygen atoms in total. The fraction of sp³-hybridized carbons (Fsp3) is 0.273. The van der Waals surface area contributed by atoms with Crippen molar-refractivity contribution in [2.75, 3.05) is 0 Å². The minimum Gasteiger partial charge on any atom is -0.480 e. The summed E-state index contributed by atoms with van der Waals surface area (Å²) < 4.78 is 13.5. The summed E-state index contributed by atoms with van der Waals surface area (Å²) in [5.41, 5.74) is -0.266. The summed E-state index contributed by atoms with van der Waals surface area (Å²) in [5.74, 6) is -2.81. The van der Waals surface area contributed by atoms with Gasteiger partial charge < -0.3 is 10.4 Å². The highest BCUT2D eigenvalue weighted by molar-refractivity contribution is 6.31. The van der Waals surface area contributed by atoms with E-state index in [0.717, 1.165) is 0 Å². The maximum absolute atomic E-state index is 13.5. The second kappa shape index (κ2) is 5.63. The number of aliphatic carboxylic acids is 1. The van der Waals surface area contributed by atoms with Crippen molar-refractivity contribution in [3.05, 3.63) is 34.6 Å². The number of carboxylic acids is 1. The zero-order valence-corrected chi connectivity index (χ0v) is 9.79. The summed E-state index contributed by atoms with van der Waals surface area (Å²) in [6, 6.07) is 2.93. The van der Waals surface area contributed by atoms with Crippen LogP contribution in [0.25, 0.3) is 0 Å². The number of halogens is 2. The first-order valence-electron chi connectivity index (χ1n) is 4.95. The van der Waals surface area contributed by atoms with E-state index in [1.807, 2.05) is 0 Å². The van der Waals surface area contributed by atoms with Crippen LogP contribution in [0.15, 0.2) is 18.2 Å². The number of amides is 1. The van der Waals surface area contributed by atoms with Crippen LogP contribution in [-0.2, 0) is 4.79 Å². The monoisotopic (exact) mass is 259 g/mol. The molecule has 0 aliphatic heterocycles. The van der Waals surface area contributed by atoms with E-state index in [0.29, 0.717) is 0 Å². The van der Waals surface area contributed by atoms with E-state index in [1.54, 1.807) is 6.92 Å². The zero-order chi connectivity index (χ0) is 13.0. The molecule has 1 rings (SSSR count). The van der Waals surface area contributed by atoms with Crippen LogP contribution >= 0.6 is 11.6 Å². The van der Waals surface area contributed by atoms with Crippen molar-refractivity contribution >= 4 is 23.5 Å². The van der Waals surface area contributed by atoms with Gasteiger partial charge in [-0.3, -0.25) is 4.79 Å². The number of carbonyl (C=O) groups excluding carboxylic acids is 1. The van der Waals surface area contributed by atoms with Gasteiger partial charge in [-0.25, -0.2) is 9.18 Å². The summed E-state index contributed by atoms with van der Waals surface area (Å²) in [4.78, 5) is 22.3. The molecule has 0 spiro atoms. The normalized spacial score (nSPS) is 11.9. The van der Waals surface area contributed by atoms with E-state index in [9.17, 15) is 14.0 Å². The summed E-state index contributed by atoms with van der Waals surface area (Å²) in [7, 11) is 0. The number of hydrogen-bond donors (Lipinski definition) is 2. The highest BCUT2D eigenvalue weighted by atomic mass is 35.5. The summed E-state index contributed by atoms with van der Waals surface area (Å²) in [5, 5.41) is 10.8. The number of carbonyl (C=O) groups is 2. The van der Waals surface area contributed by atoms with Gasteiger partial charge >= 0.3 is 5.97 Å². The van der Waals surface area contributed by atoms with Gasteiger partial charge in [0.25, 0.3) is 5.91 Å². The Morgan fingerprint density at radius 1 is 1.53 bits per heavy atom. The number of nitrogens with one attached hydrogen (secondary N) is 1. The van der Waals surface area contributed by atoms with Crippen molar-refractivity contribution in [2.24, 2.45) is 0 Å². The van der Waals surface area contributed by atoms with E-state index in [2.05, 4.69) is 5.32 Å². The van der Waals surface area contributed by atoms with E-state index >= 15 is 0 Å². The lowest BCUT2D eigenvalue weighted by Crippen LogP contribution is -2.40. The van der Waals surface area contributed by atoms with Crippen molar-refractivity contribution in [3.63, 3.8) is 0 Å². The van der Waals surface area contributed by atoms with Crippen molar-refractivity contribution in [2.45, 2.75) is 19.4 Å². The Balaban J connectivity index is 2.90. The van der Waals surface area contributed by atoms with Gasteiger partial charge in [0.05, 0.1) is 10.6 Å². The van der Waals surface area contributed by atoms with Gasteiger partial charge in [-0.1, -0.05) is 24.6 Å². The van der Waals surface area contributed by atoms with Crippen LogP contribution in [0.3, 0.4) is 0 Å². The molecule has 1 aromatic carbocycles. The minimum absolute atomic E-state index is 0.180. The number of rotatable bonds is 4. The van der Waals surface area contributed by atoms with Crippen molar-refractivity contribution in [1.29, 1.82) is 0 Å². The van der Waals surface area contributed by atoms with Crippen LogP contribution in [0.5, 0.6) is 0 Å². The molecule has 0 radical (unpaired) electrons. The van der Waals surface area contributed by atoms with Crippen LogP contribution in [0.1, 0.15) is 23.7 Å². The minimum atomic E-state index is -1.16. The maximum Gasteiger partial charge on any atom is 0.326 e. The maximum atomic E-state index is 13.5. The molecule has 0 heterocycles. The van der Waals surface area contributed by atoms with E-state index < -0.39 is 23.7 Å². The quantitative estimate of drug-likeness (QED) is 0.870. The van der Waals surface area contributed by atoms with E-state index in [-0.39, 0.29) is 17.0 Å². The fourth-order valence-electron chi connectivity index (χ4n) is 1.25. The molecule has 0 bridgehead atoms. The SMILES string of the molecule is CCC(NC(=O)c1cccc(Cl)c1F)C(=O)O. The first kappa shape index (κ1) is 13.4. The first-order valence-corrected chi connectivity index (χ1v) is 5.32. The molecule has 0 aliphatic carbocycles. The van der Waals surface area contributed by atoms with Crippen LogP contribution in [-0.4, -0.2) is 23.0 Å². The number of carboxylic acid groups (broad SMARTS) is 1. The van der Waals surface area contributed by atoms with Crippen LogP contribution in [0.2, 0.25) is 5.02 Å². The molecule has 2 N–H and O–H groups in total. The predicted octanol–water partition coefficient (Wildman–Crippen LogP) is 2.07. The first-order chi connectivity index (χ1) is 7.97. The number of hydrogen-bond acceptors (Lipinski definition) is 2. The van der Waals surface area contributed by atoms with Gasteiger partial charge in [0.15, 0.2) is 5.82 Å².